The van der Waals surface area contributed by atoms with E-state index in [0.717, 1.165) is 24.6 Å². The van der Waals surface area contributed by atoms with E-state index in [1.807, 2.05) is 12.1 Å². The monoisotopic (exact) mass is 292 g/mol. The van der Waals surface area contributed by atoms with E-state index in [9.17, 15) is 4.39 Å². The number of likely N-dealkylation sites (tertiary alicyclic amines) is 1. The Kier molecular flexibility index (Phi) is 6.19. The Morgan fingerprint density at radius 3 is 2.90 bits per heavy atom. The first kappa shape index (κ1) is 16.4. The van der Waals surface area contributed by atoms with Gasteiger partial charge in [0.05, 0.1) is 0 Å². The van der Waals surface area contributed by atoms with Crippen LogP contribution in [0.5, 0.6) is 0 Å². The molecule has 0 radical (unpaired) electrons. The number of nitrogens with zero attached hydrogens (tertiary/aromatic N) is 1. The third kappa shape index (κ3) is 4.52. The van der Waals surface area contributed by atoms with Crippen molar-refractivity contribution in [1.82, 2.24) is 4.90 Å². The molecular weight excluding hydrogens is 263 g/mol. The zero-order valence-electron chi connectivity index (χ0n) is 13.4. The van der Waals surface area contributed by atoms with Crippen LogP contribution in [-0.4, -0.2) is 24.0 Å². The van der Waals surface area contributed by atoms with Crippen molar-refractivity contribution in [3.63, 3.8) is 0 Å². The molecule has 2 atom stereocenters. The summed E-state index contributed by atoms with van der Waals surface area (Å²) in [6.07, 6.45) is 7.42. The summed E-state index contributed by atoms with van der Waals surface area (Å²) in [5.74, 6) is -0.148. The summed E-state index contributed by atoms with van der Waals surface area (Å²) in [6, 6.07) is 6.04. The van der Waals surface area contributed by atoms with E-state index >= 15 is 0 Å². The topological polar surface area (TPSA) is 29.3 Å². The van der Waals surface area contributed by atoms with Crippen LogP contribution < -0.4 is 5.73 Å². The molecule has 2 nitrogen and oxygen atoms in total. The molecule has 118 valence electrons. The Hall–Kier alpha value is -0.930. The molecule has 0 saturated carbocycles. The molecule has 21 heavy (non-hydrogen) atoms. The van der Waals surface area contributed by atoms with Crippen LogP contribution in [0.3, 0.4) is 0 Å². The third-order valence-electron chi connectivity index (χ3n) is 4.72. The first-order chi connectivity index (χ1) is 10.1. The molecule has 0 spiro atoms. The summed E-state index contributed by atoms with van der Waals surface area (Å²) in [5, 5.41) is 0. The van der Waals surface area contributed by atoms with Gasteiger partial charge >= 0.3 is 0 Å². The highest BCUT2D eigenvalue weighted by molar-refractivity contribution is 5.25. The molecule has 0 bridgehead atoms. The van der Waals surface area contributed by atoms with Crippen molar-refractivity contribution in [2.45, 2.75) is 64.5 Å². The second kappa shape index (κ2) is 7.90. The summed E-state index contributed by atoms with van der Waals surface area (Å²) in [6.45, 7) is 6.27. The molecule has 0 amide bonds. The van der Waals surface area contributed by atoms with Gasteiger partial charge in [-0.3, -0.25) is 0 Å². The van der Waals surface area contributed by atoms with Gasteiger partial charge < -0.3 is 10.6 Å². The van der Waals surface area contributed by atoms with Gasteiger partial charge in [0.1, 0.15) is 5.82 Å². The Morgan fingerprint density at radius 2 is 2.19 bits per heavy atom. The first-order valence-electron chi connectivity index (χ1n) is 8.37. The number of benzene rings is 1. The maximum absolute atomic E-state index is 13.6. The molecule has 0 aliphatic carbocycles. The Labute approximate surface area is 128 Å². The van der Waals surface area contributed by atoms with Crippen LogP contribution in [0.2, 0.25) is 0 Å². The highest BCUT2D eigenvalue weighted by Gasteiger charge is 2.22. The molecule has 2 N–H and O–H groups in total. The smallest absolute Gasteiger partial charge is 0.126 e. The minimum Gasteiger partial charge on any atom is -0.324 e. The Morgan fingerprint density at radius 1 is 1.38 bits per heavy atom. The highest BCUT2D eigenvalue weighted by atomic mass is 19.1. The minimum absolute atomic E-state index is 0.0655. The fraction of sp³-hybridized carbons (Fsp3) is 0.667. The molecule has 2 rings (SSSR count). The normalized spacial score (nSPS) is 21.4. The number of rotatable bonds is 6. The largest absolute Gasteiger partial charge is 0.324 e. The molecule has 1 heterocycles. The lowest BCUT2D eigenvalue weighted by atomic mass is 9.96. The second-order valence-corrected chi connectivity index (χ2v) is 6.38. The van der Waals surface area contributed by atoms with E-state index in [4.69, 9.17) is 5.73 Å². The van der Waals surface area contributed by atoms with Crippen LogP contribution in [0.15, 0.2) is 18.2 Å². The zero-order chi connectivity index (χ0) is 15.2. The molecule has 2 unspecified atom stereocenters. The van der Waals surface area contributed by atoms with Gasteiger partial charge in [0.25, 0.3) is 0 Å². The average molecular weight is 292 g/mol. The number of halogens is 1. The van der Waals surface area contributed by atoms with E-state index in [1.54, 1.807) is 13.0 Å². The van der Waals surface area contributed by atoms with Crippen LogP contribution in [0, 0.1) is 12.7 Å². The van der Waals surface area contributed by atoms with Gasteiger partial charge in [0, 0.05) is 18.6 Å². The van der Waals surface area contributed by atoms with Crippen LogP contribution in [0.1, 0.15) is 62.6 Å². The first-order valence-corrected chi connectivity index (χ1v) is 8.37. The SMILES string of the molecule is CCCC1CCCCN1CCC(N)c1ccc(C)c(F)c1. The summed E-state index contributed by atoms with van der Waals surface area (Å²) in [5.41, 5.74) is 7.86. The molecule has 0 aromatic heterocycles. The van der Waals surface area contributed by atoms with Gasteiger partial charge in [0.2, 0.25) is 0 Å². The summed E-state index contributed by atoms with van der Waals surface area (Å²) >= 11 is 0. The molecular formula is C18H29FN2. The third-order valence-corrected chi connectivity index (χ3v) is 4.72. The van der Waals surface area contributed by atoms with Crippen molar-refractivity contribution in [2.24, 2.45) is 5.73 Å². The second-order valence-electron chi connectivity index (χ2n) is 6.38. The van der Waals surface area contributed by atoms with Crippen molar-refractivity contribution in [3.8, 4) is 0 Å². The minimum atomic E-state index is -0.148. The van der Waals surface area contributed by atoms with Gasteiger partial charge in [-0.2, -0.15) is 0 Å². The van der Waals surface area contributed by atoms with Crippen molar-refractivity contribution < 1.29 is 4.39 Å². The van der Waals surface area contributed by atoms with E-state index in [-0.39, 0.29) is 11.9 Å². The van der Waals surface area contributed by atoms with Gasteiger partial charge in [-0.25, -0.2) is 4.39 Å². The zero-order valence-corrected chi connectivity index (χ0v) is 13.4. The highest BCUT2D eigenvalue weighted by Crippen LogP contribution is 2.23. The van der Waals surface area contributed by atoms with E-state index in [1.165, 1.54) is 38.6 Å². The van der Waals surface area contributed by atoms with Crippen molar-refractivity contribution >= 4 is 0 Å². The van der Waals surface area contributed by atoms with Crippen LogP contribution in [-0.2, 0) is 0 Å². The summed E-state index contributed by atoms with van der Waals surface area (Å²) in [7, 11) is 0. The predicted molar refractivity (Wildman–Crippen MR) is 86.8 cm³/mol. The van der Waals surface area contributed by atoms with Crippen LogP contribution in [0.25, 0.3) is 0 Å². The average Bonchev–Trinajstić information content (AvgIpc) is 2.49. The summed E-state index contributed by atoms with van der Waals surface area (Å²) in [4.78, 5) is 2.59. The van der Waals surface area contributed by atoms with Crippen LogP contribution in [0.4, 0.5) is 4.39 Å². The lowest BCUT2D eigenvalue weighted by Crippen LogP contribution is -2.40. The molecule has 1 aliphatic heterocycles. The van der Waals surface area contributed by atoms with E-state index < -0.39 is 0 Å². The summed E-state index contributed by atoms with van der Waals surface area (Å²) < 4.78 is 13.6. The van der Waals surface area contributed by atoms with Gasteiger partial charge in [-0.15, -0.1) is 0 Å². The number of aryl methyl sites for hydroxylation is 1. The number of nitrogens with two attached hydrogens (primary N) is 1. The molecule has 1 aromatic carbocycles. The van der Waals surface area contributed by atoms with Crippen molar-refractivity contribution in [2.75, 3.05) is 13.1 Å². The lowest BCUT2D eigenvalue weighted by Gasteiger charge is -2.36. The lowest BCUT2D eigenvalue weighted by molar-refractivity contribution is 0.135. The molecule has 1 fully saturated rings. The van der Waals surface area contributed by atoms with E-state index in [0.29, 0.717) is 5.56 Å². The molecule has 3 heteroatoms. The maximum Gasteiger partial charge on any atom is 0.126 e. The maximum atomic E-state index is 13.6. The van der Waals surface area contributed by atoms with Gasteiger partial charge in [0.15, 0.2) is 0 Å². The number of hydrogen-bond donors (Lipinski definition) is 1. The fourth-order valence-corrected chi connectivity index (χ4v) is 3.33. The quantitative estimate of drug-likeness (QED) is 0.852. The van der Waals surface area contributed by atoms with Gasteiger partial charge in [-0.05, 0) is 56.3 Å². The van der Waals surface area contributed by atoms with Gasteiger partial charge in [-0.1, -0.05) is 31.9 Å². The number of piperidine rings is 1. The van der Waals surface area contributed by atoms with E-state index in [2.05, 4.69) is 11.8 Å². The Balaban J connectivity index is 1.89. The van der Waals surface area contributed by atoms with Crippen molar-refractivity contribution in [3.05, 3.63) is 35.1 Å². The predicted octanol–water partition coefficient (Wildman–Crippen LogP) is 4.18. The molecule has 1 aromatic rings. The molecule has 1 aliphatic rings. The Bertz CT molecular complexity index is 445. The fourth-order valence-electron chi connectivity index (χ4n) is 3.33. The molecule has 1 saturated heterocycles. The van der Waals surface area contributed by atoms with Crippen molar-refractivity contribution in [1.29, 1.82) is 0 Å². The number of hydrogen-bond acceptors (Lipinski definition) is 2. The van der Waals surface area contributed by atoms with Crippen LogP contribution >= 0.6 is 0 Å². The standard InChI is InChI=1S/C18H29FN2/c1-3-6-16-7-4-5-11-21(16)12-10-18(20)15-9-8-14(2)17(19)13-15/h8-9,13,16,18H,3-7,10-12,20H2,1-2H3.